The first-order valence-electron chi connectivity index (χ1n) is 8.00. The van der Waals surface area contributed by atoms with Crippen molar-refractivity contribution in [3.05, 3.63) is 30.2 Å². The molecule has 22 heavy (non-hydrogen) atoms. The summed E-state index contributed by atoms with van der Waals surface area (Å²) in [5.74, 6) is 1.26. The fourth-order valence-electron chi connectivity index (χ4n) is 3.44. The molecule has 3 rings (SSSR count). The lowest BCUT2D eigenvalue weighted by Gasteiger charge is -2.39. The van der Waals surface area contributed by atoms with Gasteiger partial charge in [0.25, 0.3) is 0 Å². The van der Waals surface area contributed by atoms with Crippen LogP contribution in [0.1, 0.15) is 33.1 Å². The Hall–Kier alpha value is -1.91. The van der Waals surface area contributed by atoms with E-state index >= 15 is 0 Å². The van der Waals surface area contributed by atoms with Gasteiger partial charge in [-0.25, -0.2) is 4.98 Å². The Kier molecular flexibility index (Phi) is 4.14. The van der Waals surface area contributed by atoms with Gasteiger partial charge in [0.15, 0.2) is 0 Å². The molecule has 118 valence electrons. The van der Waals surface area contributed by atoms with Crippen LogP contribution in [0.4, 0.5) is 5.82 Å². The predicted octanol–water partition coefficient (Wildman–Crippen LogP) is 2.26. The molecule has 2 aliphatic rings. The number of piperidine rings is 1. The quantitative estimate of drug-likeness (QED) is 0.804. The highest BCUT2D eigenvalue weighted by Gasteiger charge is 2.44. The minimum Gasteiger partial charge on any atom is -0.355 e. The van der Waals surface area contributed by atoms with Gasteiger partial charge in [-0.05, 0) is 26.7 Å². The molecule has 5 nitrogen and oxygen atoms in total. The van der Waals surface area contributed by atoms with Crippen LogP contribution >= 0.6 is 0 Å². The third-order valence-electron chi connectivity index (χ3n) is 4.82. The van der Waals surface area contributed by atoms with E-state index in [0.717, 1.165) is 44.8 Å². The zero-order valence-electron chi connectivity index (χ0n) is 13.5. The molecule has 1 aromatic heterocycles. The molecule has 0 N–H and O–H groups in total. The van der Waals surface area contributed by atoms with E-state index in [1.54, 1.807) is 12.4 Å². The summed E-state index contributed by atoms with van der Waals surface area (Å²) in [5, 5.41) is 0. The summed E-state index contributed by atoms with van der Waals surface area (Å²) in [5.41, 5.74) is 1.44. The number of hydrogen-bond acceptors (Lipinski definition) is 4. The van der Waals surface area contributed by atoms with E-state index < -0.39 is 0 Å². The van der Waals surface area contributed by atoms with Crippen molar-refractivity contribution in [2.24, 2.45) is 5.41 Å². The highest BCUT2D eigenvalue weighted by molar-refractivity contribution is 5.79. The Labute approximate surface area is 132 Å². The van der Waals surface area contributed by atoms with E-state index in [1.807, 2.05) is 11.1 Å². The van der Waals surface area contributed by atoms with E-state index in [-0.39, 0.29) is 5.41 Å². The molecule has 0 atom stereocenters. The first kappa shape index (κ1) is 15.0. The van der Waals surface area contributed by atoms with E-state index in [2.05, 4.69) is 34.8 Å². The molecular weight excluding hydrogens is 276 g/mol. The summed E-state index contributed by atoms with van der Waals surface area (Å²) >= 11 is 0. The third-order valence-corrected chi connectivity index (χ3v) is 4.82. The van der Waals surface area contributed by atoms with Crippen LogP contribution in [0.5, 0.6) is 0 Å². The van der Waals surface area contributed by atoms with Gasteiger partial charge in [0.2, 0.25) is 5.91 Å². The molecular formula is C17H24N4O. The molecule has 2 saturated heterocycles. The first-order valence-corrected chi connectivity index (χ1v) is 8.00. The number of nitrogens with zero attached hydrogens (tertiary/aromatic N) is 4. The van der Waals surface area contributed by atoms with Crippen LogP contribution in [0.2, 0.25) is 0 Å². The molecule has 0 bridgehead atoms. The van der Waals surface area contributed by atoms with Gasteiger partial charge in [-0.3, -0.25) is 9.78 Å². The van der Waals surface area contributed by atoms with Crippen molar-refractivity contribution >= 4 is 11.7 Å². The lowest BCUT2D eigenvalue weighted by atomic mass is 9.77. The molecule has 5 heteroatoms. The summed E-state index contributed by atoms with van der Waals surface area (Å²) in [4.78, 5) is 25.1. The number of hydrogen-bond donors (Lipinski definition) is 0. The lowest BCUT2D eigenvalue weighted by Crippen LogP contribution is -2.42. The van der Waals surface area contributed by atoms with Gasteiger partial charge in [0.1, 0.15) is 5.82 Å². The molecule has 3 heterocycles. The second kappa shape index (κ2) is 6.07. The van der Waals surface area contributed by atoms with Crippen molar-refractivity contribution in [1.82, 2.24) is 14.9 Å². The maximum absolute atomic E-state index is 12.3. The fourth-order valence-corrected chi connectivity index (χ4v) is 3.44. The number of allylic oxidation sites excluding steroid dienone is 1. The number of anilines is 1. The average molecular weight is 300 g/mol. The SMILES string of the molecule is CC(C)=CCN1CC2(CCN(c3cnccn3)CC2)CC1=O. The number of carbonyl (C=O) groups excluding carboxylic acids is 1. The van der Waals surface area contributed by atoms with Crippen molar-refractivity contribution in [2.75, 3.05) is 31.1 Å². The number of amides is 1. The number of likely N-dealkylation sites (tertiary alicyclic amines) is 1. The van der Waals surface area contributed by atoms with Crippen LogP contribution < -0.4 is 4.90 Å². The van der Waals surface area contributed by atoms with Gasteiger partial charge in [0.05, 0.1) is 6.20 Å². The lowest BCUT2D eigenvalue weighted by molar-refractivity contribution is -0.127. The molecule has 1 amide bonds. The molecule has 0 aliphatic carbocycles. The Morgan fingerprint density at radius 1 is 1.32 bits per heavy atom. The summed E-state index contributed by atoms with van der Waals surface area (Å²) in [6.07, 6.45) is 10.2. The summed E-state index contributed by atoms with van der Waals surface area (Å²) in [6.45, 7) is 7.75. The third kappa shape index (κ3) is 3.13. The van der Waals surface area contributed by atoms with Gasteiger partial charge in [-0.15, -0.1) is 0 Å². The van der Waals surface area contributed by atoms with Gasteiger partial charge in [0, 0.05) is 50.4 Å². The van der Waals surface area contributed by atoms with Gasteiger partial charge in [-0.2, -0.15) is 0 Å². The molecule has 0 saturated carbocycles. The largest absolute Gasteiger partial charge is 0.355 e. The van der Waals surface area contributed by atoms with Gasteiger partial charge in [-0.1, -0.05) is 11.6 Å². The predicted molar refractivity (Wildman–Crippen MR) is 86.5 cm³/mol. The average Bonchev–Trinajstić information content (AvgIpc) is 2.82. The van der Waals surface area contributed by atoms with Crippen molar-refractivity contribution in [3.63, 3.8) is 0 Å². The molecule has 0 radical (unpaired) electrons. The van der Waals surface area contributed by atoms with Crippen LogP contribution in [-0.2, 0) is 4.79 Å². The Bertz CT molecular complexity index is 557. The van der Waals surface area contributed by atoms with Gasteiger partial charge >= 0.3 is 0 Å². The highest BCUT2D eigenvalue weighted by atomic mass is 16.2. The van der Waals surface area contributed by atoms with Crippen LogP contribution in [0.25, 0.3) is 0 Å². The topological polar surface area (TPSA) is 49.3 Å². The van der Waals surface area contributed by atoms with Crippen LogP contribution in [0.15, 0.2) is 30.2 Å². The minimum atomic E-state index is 0.172. The van der Waals surface area contributed by atoms with Crippen molar-refractivity contribution in [3.8, 4) is 0 Å². The Balaban J connectivity index is 1.61. The normalized spacial score (nSPS) is 20.5. The summed E-state index contributed by atoms with van der Waals surface area (Å²) in [6, 6.07) is 0. The van der Waals surface area contributed by atoms with Crippen molar-refractivity contribution < 1.29 is 4.79 Å². The van der Waals surface area contributed by atoms with Crippen LogP contribution in [0.3, 0.4) is 0 Å². The zero-order chi connectivity index (χ0) is 15.6. The second-order valence-electron chi connectivity index (χ2n) is 6.78. The number of aromatic nitrogens is 2. The number of rotatable bonds is 3. The van der Waals surface area contributed by atoms with Gasteiger partial charge < -0.3 is 9.80 Å². The molecule has 1 spiro atoms. The van der Waals surface area contributed by atoms with E-state index in [1.165, 1.54) is 5.57 Å². The monoisotopic (exact) mass is 300 g/mol. The van der Waals surface area contributed by atoms with Crippen molar-refractivity contribution in [1.29, 1.82) is 0 Å². The first-order chi connectivity index (χ1) is 10.6. The smallest absolute Gasteiger partial charge is 0.223 e. The second-order valence-corrected chi connectivity index (χ2v) is 6.78. The fraction of sp³-hybridized carbons (Fsp3) is 0.588. The Morgan fingerprint density at radius 2 is 2.09 bits per heavy atom. The minimum absolute atomic E-state index is 0.172. The maximum Gasteiger partial charge on any atom is 0.223 e. The van der Waals surface area contributed by atoms with Crippen LogP contribution in [-0.4, -0.2) is 47.0 Å². The molecule has 0 aromatic carbocycles. The molecule has 1 aromatic rings. The maximum atomic E-state index is 12.3. The van der Waals surface area contributed by atoms with E-state index in [4.69, 9.17) is 0 Å². The van der Waals surface area contributed by atoms with E-state index in [0.29, 0.717) is 12.3 Å². The number of carbonyl (C=O) groups is 1. The highest BCUT2D eigenvalue weighted by Crippen LogP contribution is 2.41. The molecule has 0 unspecified atom stereocenters. The molecule has 2 aliphatic heterocycles. The van der Waals surface area contributed by atoms with Crippen molar-refractivity contribution in [2.45, 2.75) is 33.1 Å². The summed E-state index contributed by atoms with van der Waals surface area (Å²) in [7, 11) is 0. The molecule has 2 fully saturated rings. The standard InChI is InChI=1S/C17H24N4O/c1-14(2)3-8-21-13-17(11-16(21)22)4-9-20(10-5-17)15-12-18-6-7-19-15/h3,6-7,12H,4-5,8-11,13H2,1-2H3. The van der Waals surface area contributed by atoms with Crippen LogP contribution in [0, 0.1) is 5.41 Å². The Morgan fingerprint density at radius 3 is 2.73 bits per heavy atom. The van der Waals surface area contributed by atoms with E-state index in [9.17, 15) is 4.79 Å². The zero-order valence-corrected chi connectivity index (χ0v) is 13.5. The summed E-state index contributed by atoms with van der Waals surface area (Å²) < 4.78 is 0.